The van der Waals surface area contributed by atoms with Gasteiger partial charge in [0.25, 0.3) is 0 Å². The third-order valence-corrected chi connectivity index (χ3v) is 3.34. The lowest BCUT2D eigenvalue weighted by Gasteiger charge is -2.06. The lowest BCUT2D eigenvalue weighted by Crippen LogP contribution is -1.84. The van der Waals surface area contributed by atoms with Gasteiger partial charge in [-0.3, -0.25) is 0 Å². The molecule has 88 valence electrons. The molecule has 0 spiro atoms. The van der Waals surface area contributed by atoms with E-state index in [4.69, 9.17) is 10.5 Å². The molecule has 0 saturated carbocycles. The summed E-state index contributed by atoms with van der Waals surface area (Å²) in [6.07, 6.45) is 0. The number of nitrogen functional groups attached to an aromatic ring is 1. The molecule has 0 amide bonds. The van der Waals surface area contributed by atoms with Crippen molar-refractivity contribution < 1.29 is 9.84 Å². The molecule has 0 fully saturated rings. The molecule has 0 bridgehead atoms. The summed E-state index contributed by atoms with van der Waals surface area (Å²) in [6.45, 7) is 0. The number of hydrogen-bond acceptors (Lipinski definition) is 4. The second-order valence-electron chi connectivity index (χ2n) is 3.50. The molecule has 0 aromatic heterocycles. The summed E-state index contributed by atoms with van der Waals surface area (Å²) < 4.78 is 5.08. The molecule has 4 heteroatoms. The third-order valence-electron chi connectivity index (χ3n) is 2.27. The quantitative estimate of drug-likeness (QED) is 0.818. The van der Waals surface area contributed by atoms with Crippen LogP contribution in [0, 0.1) is 0 Å². The first-order valence-electron chi connectivity index (χ1n) is 5.09. The molecule has 0 aliphatic carbocycles. The Morgan fingerprint density at radius 1 is 1.12 bits per heavy atom. The van der Waals surface area contributed by atoms with Gasteiger partial charge in [-0.1, -0.05) is 11.8 Å². The number of benzene rings is 2. The van der Waals surface area contributed by atoms with Crippen LogP contribution in [0.2, 0.25) is 0 Å². The van der Waals surface area contributed by atoms with Gasteiger partial charge in [0.15, 0.2) is 0 Å². The molecule has 2 rings (SSSR count). The van der Waals surface area contributed by atoms with E-state index in [9.17, 15) is 5.11 Å². The van der Waals surface area contributed by atoms with Crippen LogP contribution in [0.1, 0.15) is 0 Å². The Balaban J connectivity index is 2.19. The van der Waals surface area contributed by atoms with E-state index < -0.39 is 0 Å². The number of phenols is 1. The fourth-order valence-electron chi connectivity index (χ4n) is 1.39. The van der Waals surface area contributed by atoms with Crippen molar-refractivity contribution in [2.24, 2.45) is 0 Å². The zero-order valence-electron chi connectivity index (χ0n) is 9.38. The third kappa shape index (κ3) is 2.85. The molecule has 0 aliphatic heterocycles. The molecule has 2 aromatic rings. The highest BCUT2D eigenvalue weighted by molar-refractivity contribution is 7.99. The number of aromatic hydroxyl groups is 1. The minimum Gasteiger partial charge on any atom is -0.507 e. The smallest absolute Gasteiger partial charge is 0.131 e. The summed E-state index contributed by atoms with van der Waals surface area (Å²) in [5.74, 6) is 1.02. The standard InChI is InChI=1S/C13H13NO2S/c1-16-10-3-5-11(6-4-10)17-13-7-2-9(14)8-12(13)15/h2-8,15H,14H2,1H3. The minimum absolute atomic E-state index is 0.200. The fraction of sp³-hybridized carbons (Fsp3) is 0.0769. The minimum atomic E-state index is 0.200. The van der Waals surface area contributed by atoms with Gasteiger partial charge in [-0.2, -0.15) is 0 Å². The zero-order valence-corrected chi connectivity index (χ0v) is 10.2. The molecule has 0 radical (unpaired) electrons. The Bertz CT molecular complexity index is 511. The Labute approximate surface area is 104 Å². The van der Waals surface area contributed by atoms with Crippen molar-refractivity contribution in [1.29, 1.82) is 0 Å². The largest absolute Gasteiger partial charge is 0.507 e. The van der Waals surface area contributed by atoms with Gasteiger partial charge in [-0.25, -0.2) is 0 Å². The normalized spacial score (nSPS) is 10.2. The predicted molar refractivity (Wildman–Crippen MR) is 69.6 cm³/mol. The van der Waals surface area contributed by atoms with Crippen LogP contribution in [0.4, 0.5) is 5.69 Å². The molecule has 3 N–H and O–H groups in total. The maximum absolute atomic E-state index is 9.73. The molecule has 0 heterocycles. The van der Waals surface area contributed by atoms with Gasteiger partial charge >= 0.3 is 0 Å². The predicted octanol–water partition coefficient (Wildman–Crippen LogP) is 3.13. The van der Waals surface area contributed by atoms with E-state index in [1.54, 1.807) is 25.3 Å². The van der Waals surface area contributed by atoms with Crippen LogP contribution in [0.3, 0.4) is 0 Å². The van der Waals surface area contributed by atoms with E-state index in [0.29, 0.717) is 5.69 Å². The molecule has 3 nitrogen and oxygen atoms in total. The first-order valence-corrected chi connectivity index (χ1v) is 5.91. The van der Waals surface area contributed by atoms with Gasteiger partial charge in [0.05, 0.1) is 12.0 Å². The molecule has 0 atom stereocenters. The summed E-state index contributed by atoms with van der Waals surface area (Å²) in [5.41, 5.74) is 6.13. The molecule has 0 saturated heterocycles. The summed E-state index contributed by atoms with van der Waals surface area (Å²) in [6, 6.07) is 12.8. The Morgan fingerprint density at radius 3 is 2.41 bits per heavy atom. The highest BCUT2D eigenvalue weighted by Gasteiger charge is 2.04. The van der Waals surface area contributed by atoms with Gasteiger partial charge < -0.3 is 15.6 Å². The maximum atomic E-state index is 9.73. The van der Waals surface area contributed by atoms with Crippen LogP contribution in [0.15, 0.2) is 52.3 Å². The topological polar surface area (TPSA) is 55.5 Å². The van der Waals surface area contributed by atoms with Crippen molar-refractivity contribution in [3.63, 3.8) is 0 Å². The summed E-state index contributed by atoms with van der Waals surface area (Å²) in [5, 5.41) is 9.73. The summed E-state index contributed by atoms with van der Waals surface area (Å²) in [7, 11) is 1.63. The van der Waals surface area contributed by atoms with E-state index in [1.807, 2.05) is 24.3 Å². The Hall–Kier alpha value is -1.81. The SMILES string of the molecule is COc1ccc(Sc2ccc(N)cc2O)cc1. The molecule has 17 heavy (non-hydrogen) atoms. The number of anilines is 1. The van der Waals surface area contributed by atoms with Crippen molar-refractivity contribution in [3.8, 4) is 11.5 Å². The number of rotatable bonds is 3. The Morgan fingerprint density at radius 2 is 1.82 bits per heavy atom. The zero-order chi connectivity index (χ0) is 12.3. The number of phenolic OH excluding ortho intramolecular Hbond substituents is 1. The second-order valence-corrected chi connectivity index (χ2v) is 4.62. The van der Waals surface area contributed by atoms with Crippen molar-refractivity contribution in [2.45, 2.75) is 9.79 Å². The first kappa shape index (κ1) is 11.7. The molecular weight excluding hydrogens is 234 g/mol. The van der Waals surface area contributed by atoms with Crippen LogP contribution in [-0.2, 0) is 0 Å². The highest BCUT2D eigenvalue weighted by Crippen LogP contribution is 2.35. The van der Waals surface area contributed by atoms with Gasteiger partial charge in [-0.15, -0.1) is 0 Å². The molecule has 0 unspecified atom stereocenters. The molecule has 0 aliphatic rings. The molecule has 2 aromatic carbocycles. The van der Waals surface area contributed by atoms with Gasteiger partial charge in [0.1, 0.15) is 11.5 Å². The summed E-state index contributed by atoms with van der Waals surface area (Å²) >= 11 is 1.48. The van der Waals surface area contributed by atoms with Crippen molar-refractivity contribution in [3.05, 3.63) is 42.5 Å². The van der Waals surface area contributed by atoms with Crippen molar-refractivity contribution >= 4 is 17.4 Å². The lowest BCUT2D eigenvalue weighted by atomic mass is 10.3. The van der Waals surface area contributed by atoms with Crippen LogP contribution >= 0.6 is 11.8 Å². The fourth-order valence-corrected chi connectivity index (χ4v) is 2.22. The molecular formula is C13H13NO2S. The van der Waals surface area contributed by atoms with E-state index in [0.717, 1.165) is 15.5 Å². The van der Waals surface area contributed by atoms with Crippen LogP contribution in [-0.4, -0.2) is 12.2 Å². The van der Waals surface area contributed by atoms with Crippen LogP contribution in [0.25, 0.3) is 0 Å². The second kappa shape index (κ2) is 5.01. The maximum Gasteiger partial charge on any atom is 0.131 e. The average molecular weight is 247 g/mol. The van der Waals surface area contributed by atoms with Crippen molar-refractivity contribution in [1.82, 2.24) is 0 Å². The van der Waals surface area contributed by atoms with E-state index in [1.165, 1.54) is 11.8 Å². The highest BCUT2D eigenvalue weighted by atomic mass is 32.2. The number of nitrogens with two attached hydrogens (primary N) is 1. The lowest BCUT2D eigenvalue weighted by molar-refractivity contribution is 0.414. The van der Waals surface area contributed by atoms with Gasteiger partial charge in [-0.05, 0) is 36.4 Å². The monoisotopic (exact) mass is 247 g/mol. The van der Waals surface area contributed by atoms with E-state index >= 15 is 0 Å². The van der Waals surface area contributed by atoms with Gasteiger partial charge in [0.2, 0.25) is 0 Å². The van der Waals surface area contributed by atoms with Crippen molar-refractivity contribution in [2.75, 3.05) is 12.8 Å². The first-order chi connectivity index (χ1) is 8.19. The van der Waals surface area contributed by atoms with Gasteiger partial charge in [0, 0.05) is 16.6 Å². The number of ether oxygens (including phenoxy) is 1. The van der Waals surface area contributed by atoms with Crippen LogP contribution < -0.4 is 10.5 Å². The summed E-state index contributed by atoms with van der Waals surface area (Å²) in [4.78, 5) is 1.82. The average Bonchev–Trinajstić information content (AvgIpc) is 2.34. The number of methoxy groups -OCH3 is 1. The van der Waals surface area contributed by atoms with E-state index in [2.05, 4.69) is 0 Å². The number of hydrogen-bond donors (Lipinski definition) is 2. The van der Waals surface area contributed by atoms with E-state index in [-0.39, 0.29) is 5.75 Å². The Kier molecular flexibility index (Phi) is 3.44. The van der Waals surface area contributed by atoms with Crippen LogP contribution in [0.5, 0.6) is 11.5 Å².